The largest absolute Gasteiger partial charge is 0.350 e. The van der Waals surface area contributed by atoms with Crippen LogP contribution in [-0.2, 0) is 11.2 Å². The Kier molecular flexibility index (Phi) is 2.68. The fourth-order valence-electron chi connectivity index (χ4n) is 1.87. The highest BCUT2D eigenvalue weighted by Crippen LogP contribution is 2.28. The van der Waals surface area contributed by atoms with Crippen molar-refractivity contribution in [2.75, 3.05) is 0 Å². The summed E-state index contributed by atoms with van der Waals surface area (Å²) in [5.41, 5.74) is 2.12. The van der Waals surface area contributed by atoms with E-state index in [0.717, 1.165) is 31.4 Å². The van der Waals surface area contributed by atoms with Crippen molar-refractivity contribution in [2.45, 2.75) is 25.3 Å². The predicted molar refractivity (Wildman–Crippen MR) is 54.1 cm³/mol. The number of hydrogen-bond donors (Lipinski definition) is 1. The van der Waals surface area contributed by atoms with Crippen LogP contribution >= 0.6 is 11.6 Å². The van der Waals surface area contributed by atoms with Crippen molar-refractivity contribution in [1.29, 1.82) is 0 Å². The number of pyridine rings is 1. The lowest BCUT2D eigenvalue weighted by Gasteiger charge is -2.23. The molecule has 1 N–H and O–H groups in total. The van der Waals surface area contributed by atoms with Crippen LogP contribution in [0.25, 0.3) is 0 Å². The van der Waals surface area contributed by atoms with Gasteiger partial charge in [-0.1, -0.05) is 17.7 Å². The van der Waals surface area contributed by atoms with E-state index in [1.807, 2.05) is 6.07 Å². The number of aryl methyl sites for hydroxylation is 1. The van der Waals surface area contributed by atoms with Crippen LogP contribution in [-0.4, -0.2) is 11.4 Å². The smallest absolute Gasteiger partial charge is 0.207 e. The van der Waals surface area contributed by atoms with Crippen molar-refractivity contribution >= 4 is 18.0 Å². The summed E-state index contributed by atoms with van der Waals surface area (Å²) in [6.07, 6.45) is 3.78. The Morgan fingerprint density at radius 3 is 3.21 bits per heavy atom. The minimum atomic E-state index is 0.0370. The quantitative estimate of drug-likeness (QED) is 0.598. The molecular formula is C10H11ClN2O. The highest BCUT2D eigenvalue weighted by Gasteiger charge is 2.20. The second-order valence-electron chi connectivity index (χ2n) is 3.41. The van der Waals surface area contributed by atoms with E-state index in [1.165, 1.54) is 5.56 Å². The zero-order valence-electron chi connectivity index (χ0n) is 7.66. The van der Waals surface area contributed by atoms with Gasteiger partial charge in [0, 0.05) is 0 Å². The normalized spacial score (nSPS) is 19.9. The van der Waals surface area contributed by atoms with E-state index < -0.39 is 0 Å². The number of nitrogens with one attached hydrogen (secondary N) is 1. The van der Waals surface area contributed by atoms with E-state index in [2.05, 4.69) is 10.3 Å². The fraction of sp³-hybridized carbons (Fsp3) is 0.400. The minimum Gasteiger partial charge on any atom is -0.350 e. The molecule has 2 rings (SSSR count). The van der Waals surface area contributed by atoms with E-state index in [-0.39, 0.29) is 6.04 Å². The first-order chi connectivity index (χ1) is 6.81. The maximum Gasteiger partial charge on any atom is 0.207 e. The third-order valence-electron chi connectivity index (χ3n) is 2.52. The highest BCUT2D eigenvalue weighted by atomic mass is 35.5. The fourth-order valence-corrected chi connectivity index (χ4v) is 2.02. The van der Waals surface area contributed by atoms with Crippen LogP contribution in [0.3, 0.4) is 0 Å². The summed E-state index contributed by atoms with van der Waals surface area (Å²) >= 11 is 5.81. The molecule has 3 nitrogen and oxygen atoms in total. The summed E-state index contributed by atoms with van der Waals surface area (Å²) in [6, 6.07) is 3.82. The van der Waals surface area contributed by atoms with Crippen LogP contribution in [0.15, 0.2) is 12.1 Å². The Morgan fingerprint density at radius 2 is 2.43 bits per heavy atom. The summed E-state index contributed by atoms with van der Waals surface area (Å²) < 4.78 is 0. The van der Waals surface area contributed by atoms with Crippen LogP contribution in [0, 0.1) is 0 Å². The molecule has 1 aromatic heterocycles. The number of nitrogens with zero attached hydrogens (tertiary/aromatic N) is 1. The number of hydrogen-bond acceptors (Lipinski definition) is 2. The van der Waals surface area contributed by atoms with Crippen LogP contribution in [0.2, 0.25) is 5.15 Å². The molecule has 0 bridgehead atoms. The molecule has 0 aromatic carbocycles. The first-order valence-corrected chi connectivity index (χ1v) is 5.04. The molecule has 1 aromatic rings. The molecule has 0 fully saturated rings. The number of fused-ring (bicyclic) bond motifs is 1. The van der Waals surface area contributed by atoms with Gasteiger partial charge in [0.2, 0.25) is 6.41 Å². The second-order valence-corrected chi connectivity index (χ2v) is 3.79. The molecule has 1 atom stereocenters. The van der Waals surface area contributed by atoms with Crippen molar-refractivity contribution in [3.63, 3.8) is 0 Å². The number of rotatable bonds is 2. The predicted octanol–water partition coefficient (Wildman–Crippen LogP) is 1.86. The summed E-state index contributed by atoms with van der Waals surface area (Å²) in [5.74, 6) is 0. The number of aromatic nitrogens is 1. The Balaban J connectivity index is 2.36. The molecule has 1 unspecified atom stereocenters. The van der Waals surface area contributed by atoms with Crippen molar-refractivity contribution in [2.24, 2.45) is 0 Å². The third kappa shape index (κ3) is 1.73. The van der Waals surface area contributed by atoms with Gasteiger partial charge in [0.25, 0.3) is 0 Å². The van der Waals surface area contributed by atoms with Gasteiger partial charge in [-0.25, -0.2) is 4.98 Å². The summed E-state index contributed by atoms with van der Waals surface area (Å²) in [4.78, 5) is 14.7. The lowest BCUT2D eigenvalue weighted by atomic mass is 9.92. The zero-order chi connectivity index (χ0) is 9.97. The van der Waals surface area contributed by atoms with Gasteiger partial charge < -0.3 is 5.32 Å². The Labute approximate surface area is 87.5 Å². The lowest BCUT2D eigenvalue weighted by molar-refractivity contribution is -0.110. The average molecular weight is 211 g/mol. The zero-order valence-corrected chi connectivity index (χ0v) is 8.42. The Hall–Kier alpha value is -1.09. The summed E-state index contributed by atoms with van der Waals surface area (Å²) in [6.45, 7) is 0. The maximum absolute atomic E-state index is 10.4. The van der Waals surface area contributed by atoms with E-state index >= 15 is 0 Å². The van der Waals surface area contributed by atoms with Crippen molar-refractivity contribution in [3.8, 4) is 0 Å². The van der Waals surface area contributed by atoms with Crippen molar-refractivity contribution in [3.05, 3.63) is 28.5 Å². The number of carbonyl (C=O) groups excluding carboxylic acids is 1. The monoisotopic (exact) mass is 210 g/mol. The van der Waals surface area contributed by atoms with Crippen LogP contribution < -0.4 is 5.32 Å². The molecule has 1 aliphatic carbocycles. The molecule has 1 heterocycles. The van der Waals surface area contributed by atoms with Crippen LogP contribution in [0.4, 0.5) is 0 Å². The molecule has 1 amide bonds. The standard InChI is InChI=1S/C10H11ClN2O/c11-9-5-4-7-2-1-3-8(12-6-14)10(7)13-9/h4-6,8H,1-3H2,(H,12,14). The number of carbonyl (C=O) groups is 1. The molecule has 0 saturated heterocycles. The lowest BCUT2D eigenvalue weighted by Crippen LogP contribution is -2.25. The first-order valence-electron chi connectivity index (χ1n) is 4.66. The molecule has 14 heavy (non-hydrogen) atoms. The van der Waals surface area contributed by atoms with Crippen LogP contribution in [0.1, 0.15) is 30.1 Å². The van der Waals surface area contributed by atoms with Gasteiger partial charge in [-0.3, -0.25) is 4.79 Å². The Morgan fingerprint density at radius 1 is 1.57 bits per heavy atom. The van der Waals surface area contributed by atoms with Gasteiger partial charge >= 0.3 is 0 Å². The average Bonchev–Trinajstić information content (AvgIpc) is 2.19. The van der Waals surface area contributed by atoms with E-state index in [0.29, 0.717) is 5.15 Å². The molecule has 1 aliphatic rings. The molecule has 0 spiro atoms. The van der Waals surface area contributed by atoms with E-state index in [4.69, 9.17) is 11.6 Å². The topological polar surface area (TPSA) is 42.0 Å². The first kappa shape index (κ1) is 9.46. The van der Waals surface area contributed by atoms with Gasteiger partial charge in [0.1, 0.15) is 5.15 Å². The van der Waals surface area contributed by atoms with Gasteiger partial charge in [-0.05, 0) is 30.9 Å². The minimum absolute atomic E-state index is 0.0370. The van der Waals surface area contributed by atoms with Gasteiger partial charge in [-0.15, -0.1) is 0 Å². The molecule has 0 saturated carbocycles. The highest BCUT2D eigenvalue weighted by molar-refractivity contribution is 6.29. The SMILES string of the molecule is O=CNC1CCCc2ccc(Cl)nc21. The second kappa shape index (κ2) is 3.96. The van der Waals surface area contributed by atoms with Crippen molar-refractivity contribution in [1.82, 2.24) is 10.3 Å². The number of halogens is 1. The molecule has 4 heteroatoms. The summed E-state index contributed by atoms with van der Waals surface area (Å²) in [7, 11) is 0. The van der Waals surface area contributed by atoms with E-state index in [9.17, 15) is 4.79 Å². The van der Waals surface area contributed by atoms with Gasteiger partial charge in [0.15, 0.2) is 0 Å². The van der Waals surface area contributed by atoms with Crippen molar-refractivity contribution < 1.29 is 4.79 Å². The number of amides is 1. The third-order valence-corrected chi connectivity index (χ3v) is 2.73. The Bertz CT molecular complexity index is 354. The molecule has 74 valence electrons. The van der Waals surface area contributed by atoms with Gasteiger partial charge in [0.05, 0.1) is 11.7 Å². The molecule has 0 radical (unpaired) electrons. The molecule has 0 aliphatic heterocycles. The van der Waals surface area contributed by atoms with E-state index in [1.54, 1.807) is 6.07 Å². The van der Waals surface area contributed by atoms with Gasteiger partial charge in [-0.2, -0.15) is 0 Å². The summed E-state index contributed by atoms with van der Waals surface area (Å²) in [5, 5.41) is 3.26. The molecular weight excluding hydrogens is 200 g/mol. The maximum atomic E-state index is 10.4. The van der Waals surface area contributed by atoms with Crippen LogP contribution in [0.5, 0.6) is 0 Å².